The van der Waals surface area contributed by atoms with Crippen LogP contribution in [0.25, 0.3) is 11.3 Å². The van der Waals surface area contributed by atoms with Gasteiger partial charge >= 0.3 is 0 Å². The molecule has 0 aliphatic carbocycles. The molecular weight excluding hydrogens is 320 g/mol. The van der Waals surface area contributed by atoms with Gasteiger partial charge in [0.2, 0.25) is 5.91 Å². The number of aromatic nitrogens is 1. The number of amides is 1. The molecule has 0 bridgehead atoms. The van der Waals surface area contributed by atoms with Gasteiger partial charge in [0, 0.05) is 35.4 Å². The maximum atomic E-state index is 11.9. The van der Waals surface area contributed by atoms with Gasteiger partial charge in [-0.3, -0.25) is 9.78 Å². The molecule has 0 aliphatic rings. The second kappa shape index (κ2) is 8.36. The second-order valence-electron chi connectivity index (χ2n) is 5.25. The van der Waals surface area contributed by atoms with Crippen LogP contribution in [-0.4, -0.2) is 16.6 Å². The van der Waals surface area contributed by atoms with Gasteiger partial charge in [-0.05, 0) is 29.8 Å². The molecule has 1 N–H and O–H groups in total. The standard InChI is InChI=1S/C19H18N2O2S/c22-19(9-11-24-17-4-2-1-3-5-17)21-13-15-6-7-18(20-12-15)16-8-10-23-14-16/h1-8,10,12,14H,9,11,13H2,(H,21,22). The molecule has 1 aromatic carbocycles. The number of carbonyl (C=O) groups is 1. The van der Waals surface area contributed by atoms with Crippen LogP contribution in [-0.2, 0) is 11.3 Å². The first-order valence-electron chi connectivity index (χ1n) is 7.73. The maximum Gasteiger partial charge on any atom is 0.221 e. The number of nitrogens with zero attached hydrogens (tertiary/aromatic N) is 1. The number of thioether (sulfide) groups is 1. The first-order valence-corrected chi connectivity index (χ1v) is 8.72. The van der Waals surface area contributed by atoms with Crippen molar-refractivity contribution >= 4 is 17.7 Å². The van der Waals surface area contributed by atoms with Gasteiger partial charge in [0.15, 0.2) is 0 Å². The minimum absolute atomic E-state index is 0.0531. The lowest BCUT2D eigenvalue weighted by molar-refractivity contribution is -0.120. The minimum Gasteiger partial charge on any atom is -0.472 e. The average Bonchev–Trinajstić information content (AvgIpc) is 3.16. The van der Waals surface area contributed by atoms with Gasteiger partial charge in [-0.2, -0.15) is 0 Å². The largest absolute Gasteiger partial charge is 0.472 e. The van der Waals surface area contributed by atoms with Crippen LogP contribution in [0.4, 0.5) is 0 Å². The smallest absolute Gasteiger partial charge is 0.221 e. The molecule has 0 atom stereocenters. The molecule has 4 nitrogen and oxygen atoms in total. The molecule has 122 valence electrons. The summed E-state index contributed by atoms with van der Waals surface area (Å²) < 4.78 is 5.05. The summed E-state index contributed by atoms with van der Waals surface area (Å²) in [6, 6.07) is 15.9. The lowest BCUT2D eigenvalue weighted by Crippen LogP contribution is -2.23. The highest BCUT2D eigenvalue weighted by atomic mass is 32.2. The third kappa shape index (κ3) is 4.73. The number of carbonyl (C=O) groups excluding carboxylic acids is 1. The van der Waals surface area contributed by atoms with Crippen molar-refractivity contribution in [2.24, 2.45) is 0 Å². The zero-order valence-corrected chi connectivity index (χ0v) is 14.0. The van der Waals surface area contributed by atoms with Crippen LogP contribution in [0.3, 0.4) is 0 Å². The molecule has 5 heteroatoms. The van der Waals surface area contributed by atoms with E-state index in [-0.39, 0.29) is 5.91 Å². The predicted octanol–water partition coefficient (Wildman–Crippen LogP) is 4.14. The predicted molar refractivity (Wildman–Crippen MR) is 95.6 cm³/mol. The summed E-state index contributed by atoms with van der Waals surface area (Å²) in [6.45, 7) is 0.494. The lowest BCUT2D eigenvalue weighted by atomic mass is 10.2. The van der Waals surface area contributed by atoms with E-state index in [1.807, 2.05) is 36.4 Å². The summed E-state index contributed by atoms with van der Waals surface area (Å²) in [5.41, 5.74) is 2.79. The van der Waals surface area contributed by atoms with Crippen LogP contribution >= 0.6 is 11.8 Å². The molecule has 1 amide bonds. The maximum absolute atomic E-state index is 11.9. The van der Waals surface area contributed by atoms with E-state index >= 15 is 0 Å². The number of hydrogen-bond acceptors (Lipinski definition) is 4. The summed E-state index contributed by atoms with van der Waals surface area (Å²) in [7, 11) is 0. The average molecular weight is 338 g/mol. The Kier molecular flexibility index (Phi) is 5.69. The highest BCUT2D eigenvalue weighted by molar-refractivity contribution is 7.99. The molecule has 24 heavy (non-hydrogen) atoms. The first kappa shape index (κ1) is 16.3. The quantitative estimate of drug-likeness (QED) is 0.658. The summed E-state index contributed by atoms with van der Waals surface area (Å²) in [6.07, 6.45) is 5.56. The summed E-state index contributed by atoms with van der Waals surface area (Å²) >= 11 is 1.69. The van der Waals surface area contributed by atoms with Crippen LogP contribution < -0.4 is 5.32 Å². The Morgan fingerprint density at radius 2 is 2.00 bits per heavy atom. The van der Waals surface area contributed by atoms with E-state index < -0.39 is 0 Å². The van der Waals surface area contributed by atoms with Crippen LogP contribution in [0, 0.1) is 0 Å². The van der Waals surface area contributed by atoms with Gasteiger partial charge in [-0.1, -0.05) is 24.3 Å². The van der Waals surface area contributed by atoms with Gasteiger partial charge in [0.1, 0.15) is 0 Å². The molecule has 0 unspecified atom stereocenters. The zero-order chi connectivity index (χ0) is 16.6. The molecule has 3 rings (SSSR count). The Morgan fingerprint density at radius 1 is 1.12 bits per heavy atom. The number of pyridine rings is 1. The van der Waals surface area contributed by atoms with E-state index in [1.165, 1.54) is 4.90 Å². The third-order valence-electron chi connectivity index (χ3n) is 3.47. The van der Waals surface area contributed by atoms with Gasteiger partial charge in [-0.25, -0.2) is 0 Å². The van der Waals surface area contributed by atoms with Crippen molar-refractivity contribution in [1.29, 1.82) is 0 Å². The van der Waals surface area contributed by atoms with Crippen molar-refractivity contribution < 1.29 is 9.21 Å². The van der Waals surface area contributed by atoms with E-state index in [0.717, 1.165) is 22.6 Å². The topological polar surface area (TPSA) is 55.1 Å². The van der Waals surface area contributed by atoms with Gasteiger partial charge in [0.05, 0.1) is 18.2 Å². The number of rotatable bonds is 7. The normalized spacial score (nSPS) is 10.5. The molecule has 3 aromatic rings. The fourth-order valence-corrected chi connectivity index (χ4v) is 3.05. The SMILES string of the molecule is O=C(CCSc1ccccc1)NCc1ccc(-c2ccoc2)nc1. The number of furan rings is 1. The summed E-state index contributed by atoms with van der Waals surface area (Å²) in [5, 5.41) is 2.93. The summed E-state index contributed by atoms with van der Waals surface area (Å²) in [4.78, 5) is 17.5. The number of hydrogen-bond donors (Lipinski definition) is 1. The molecule has 0 radical (unpaired) electrons. The van der Waals surface area contributed by atoms with E-state index in [0.29, 0.717) is 13.0 Å². The zero-order valence-electron chi connectivity index (χ0n) is 13.1. The summed E-state index contributed by atoms with van der Waals surface area (Å²) in [5.74, 6) is 0.824. The van der Waals surface area contributed by atoms with Crippen molar-refractivity contribution in [3.8, 4) is 11.3 Å². The van der Waals surface area contributed by atoms with Crippen molar-refractivity contribution in [3.63, 3.8) is 0 Å². The Labute approximate surface area is 145 Å². The highest BCUT2D eigenvalue weighted by Gasteiger charge is 2.04. The molecule has 2 heterocycles. The van der Waals surface area contributed by atoms with E-state index in [2.05, 4.69) is 22.4 Å². The molecule has 0 fully saturated rings. The molecule has 0 spiro atoms. The highest BCUT2D eigenvalue weighted by Crippen LogP contribution is 2.18. The van der Waals surface area contributed by atoms with Crippen molar-refractivity contribution in [1.82, 2.24) is 10.3 Å². The first-order chi connectivity index (χ1) is 11.8. The Balaban J connectivity index is 1.41. The van der Waals surface area contributed by atoms with E-state index in [1.54, 1.807) is 30.5 Å². The van der Waals surface area contributed by atoms with Crippen LogP contribution in [0.5, 0.6) is 0 Å². The van der Waals surface area contributed by atoms with Gasteiger partial charge in [-0.15, -0.1) is 11.8 Å². The van der Waals surface area contributed by atoms with Crippen molar-refractivity contribution in [2.45, 2.75) is 17.9 Å². The third-order valence-corrected chi connectivity index (χ3v) is 4.49. The molecule has 0 aliphatic heterocycles. The molecular formula is C19H18N2O2S. The molecule has 0 saturated carbocycles. The van der Waals surface area contributed by atoms with E-state index in [4.69, 9.17) is 4.42 Å². The van der Waals surface area contributed by atoms with Crippen LogP contribution in [0.2, 0.25) is 0 Å². The Bertz CT molecular complexity index is 756. The number of benzene rings is 1. The van der Waals surface area contributed by atoms with Crippen LogP contribution in [0.1, 0.15) is 12.0 Å². The fourth-order valence-electron chi connectivity index (χ4n) is 2.18. The van der Waals surface area contributed by atoms with Gasteiger partial charge < -0.3 is 9.73 Å². The monoisotopic (exact) mass is 338 g/mol. The molecule has 2 aromatic heterocycles. The van der Waals surface area contributed by atoms with E-state index in [9.17, 15) is 4.79 Å². The minimum atomic E-state index is 0.0531. The molecule has 0 saturated heterocycles. The number of nitrogens with one attached hydrogen (secondary N) is 1. The van der Waals surface area contributed by atoms with Crippen molar-refractivity contribution in [3.05, 3.63) is 72.8 Å². The van der Waals surface area contributed by atoms with Gasteiger partial charge in [0.25, 0.3) is 0 Å². The Hall–Kier alpha value is -2.53. The second-order valence-corrected chi connectivity index (χ2v) is 6.42. The van der Waals surface area contributed by atoms with Crippen molar-refractivity contribution in [2.75, 3.05) is 5.75 Å². The Morgan fingerprint density at radius 3 is 2.71 bits per heavy atom. The fraction of sp³-hybridized carbons (Fsp3) is 0.158. The lowest BCUT2D eigenvalue weighted by Gasteiger charge is -2.06. The van der Waals surface area contributed by atoms with Crippen LogP contribution in [0.15, 0.2) is 76.6 Å².